The molecule has 2 amide bonds. The fourth-order valence-electron chi connectivity index (χ4n) is 4.05. The number of hydrogen-bond acceptors (Lipinski definition) is 7. The molecule has 1 unspecified atom stereocenters. The summed E-state index contributed by atoms with van der Waals surface area (Å²) in [5, 5.41) is 10.5. The zero-order chi connectivity index (χ0) is 28.3. The predicted octanol–water partition coefficient (Wildman–Crippen LogP) is 5.80. The molecule has 0 bridgehead atoms. The molecular weight excluding hydrogens is 514 g/mol. The number of hydrogen-bond donors (Lipinski definition) is 3. The summed E-state index contributed by atoms with van der Waals surface area (Å²) in [5.74, 6) is -0.383. The molecule has 202 valence electrons. The minimum Gasteiger partial charge on any atom is -0.417 e. The number of nitrogens with zero attached hydrogens (tertiary/aromatic N) is 2. The van der Waals surface area contributed by atoms with Gasteiger partial charge in [0.15, 0.2) is 5.82 Å². The molecule has 0 aliphatic rings. The summed E-state index contributed by atoms with van der Waals surface area (Å²) < 4.78 is 5.91. The van der Waals surface area contributed by atoms with E-state index in [9.17, 15) is 14.4 Å². The lowest BCUT2D eigenvalue weighted by atomic mass is 9.94. The predicted molar refractivity (Wildman–Crippen MR) is 153 cm³/mol. The van der Waals surface area contributed by atoms with Crippen LogP contribution in [0, 0.1) is 5.92 Å². The van der Waals surface area contributed by atoms with Crippen molar-refractivity contribution in [3.63, 3.8) is 0 Å². The monoisotopic (exact) mass is 545 g/mol. The number of carbonyl (C=O) groups excluding carboxylic acids is 3. The van der Waals surface area contributed by atoms with Crippen LogP contribution in [0.25, 0.3) is 10.2 Å². The molecule has 1 atom stereocenters. The number of aromatic nitrogens is 2. The summed E-state index contributed by atoms with van der Waals surface area (Å²) >= 11 is 1.06. The number of thiophene rings is 1. The van der Waals surface area contributed by atoms with Crippen molar-refractivity contribution in [1.29, 1.82) is 0 Å². The van der Waals surface area contributed by atoms with Gasteiger partial charge in [0, 0.05) is 11.6 Å². The molecule has 0 fully saturated rings. The highest BCUT2D eigenvalue weighted by atomic mass is 32.1. The van der Waals surface area contributed by atoms with Gasteiger partial charge in [-0.1, -0.05) is 62.9 Å². The molecule has 10 heteroatoms. The van der Waals surface area contributed by atoms with Gasteiger partial charge < -0.3 is 21.1 Å². The number of benzene rings is 2. The molecule has 4 rings (SSSR count). The molecule has 0 aliphatic heterocycles. The Balaban J connectivity index is 1.64. The van der Waals surface area contributed by atoms with E-state index < -0.39 is 17.5 Å². The maximum atomic E-state index is 13.2. The highest BCUT2D eigenvalue weighted by molar-refractivity contribution is 7.20. The number of rotatable bonds is 8. The Kier molecular flexibility index (Phi) is 7.98. The summed E-state index contributed by atoms with van der Waals surface area (Å²) in [6.45, 7) is 11.3. The van der Waals surface area contributed by atoms with Crippen molar-refractivity contribution in [3.05, 3.63) is 95.1 Å². The van der Waals surface area contributed by atoms with Crippen molar-refractivity contribution in [3.8, 4) is 0 Å². The summed E-state index contributed by atoms with van der Waals surface area (Å²) in [5.41, 5.74) is 7.81. The molecule has 2 aromatic heterocycles. The highest BCUT2D eigenvalue weighted by Gasteiger charge is 2.27. The number of amides is 2. The third-order valence-electron chi connectivity index (χ3n) is 6.37. The van der Waals surface area contributed by atoms with Crippen LogP contribution in [-0.4, -0.2) is 27.7 Å². The van der Waals surface area contributed by atoms with Crippen molar-refractivity contribution in [1.82, 2.24) is 15.1 Å². The minimum absolute atomic E-state index is 0.122. The normalized spacial score (nSPS) is 12.3. The number of anilines is 1. The first kappa shape index (κ1) is 27.7. The van der Waals surface area contributed by atoms with Gasteiger partial charge in [-0.25, -0.2) is 4.79 Å². The molecule has 39 heavy (non-hydrogen) atoms. The van der Waals surface area contributed by atoms with E-state index in [-0.39, 0.29) is 23.7 Å². The third-order valence-corrected chi connectivity index (χ3v) is 7.48. The second-order valence-corrected chi connectivity index (χ2v) is 11.0. The van der Waals surface area contributed by atoms with Crippen LogP contribution in [0.15, 0.2) is 73.5 Å². The van der Waals surface area contributed by atoms with Crippen LogP contribution < -0.4 is 16.4 Å². The van der Waals surface area contributed by atoms with E-state index in [4.69, 9.17) is 10.5 Å². The lowest BCUT2D eigenvalue weighted by molar-refractivity contribution is 0.0915. The van der Waals surface area contributed by atoms with E-state index in [1.54, 1.807) is 18.2 Å². The van der Waals surface area contributed by atoms with Gasteiger partial charge in [0.05, 0.1) is 22.1 Å². The van der Waals surface area contributed by atoms with Crippen molar-refractivity contribution in [2.24, 2.45) is 11.7 Å². The minimum atomic E-state index is -0.819. The third kappa shape index (κ3) is 5.92. The van der Waals surface area contributed by atoms with Crippen LogP contribution in [0.5, 0.6) is 0 Å². The van der Waals surface area contributed by atoms with Crippen LogP contribution in [0.4, 0.5) is 10.6 Å². The number of nitrogens with one attached hydrogen (secondary N) is 2. The SMILES string of the molecule is C=COC(=O)n1nc(NC(=O)c2ccc(C(N)C(C)C)cc2)c2cc(C(=O)NC(C)(C)c3ccccc3)sc21. The van der Waals surface area contributed by atoms with Crippen LogP contribution >= 0.6 is 11.3 Å². The largest absolute Gasteiger partial charge is 0.440 e. The number of fused-ring (bicyclic) bond motifs is 1. The van der Waals surface area contributed by atoms with Crippen molar-refractivity contribution in [2.75, 3.05) is 5.32 Å². The van der Waals surface area contributed by atoms with Gasteiger partial charge in [-0.15, -0.1) is 16.4 Å². The first-order valence-corrected chi connectivity index (χ1v) is 13.2. The van der Waals surface area contributed by atoms with Crippen LogP contribution in [-0.2, 0) is 10.3 Å². The summed E-state index contributed by atoms with van der Waals surface area (Å²) in [4.78, 5) is 39.6. The lowest BCUT2D eigenvalue weighted by Gasteiger charge is -2.26. The van der Waals surface area contributed by atoms with Gasteiger partial charge in [0.2, 0.25) is 0 Å². The molecule has 0 saturated heterocycles. The molecule has 4 N–H and O–H groups in total. The van der Waals surface area contributed by atoms with E-state index in [0.29, 0.717) is 20.7 Å². The average molecular weight is 546 g/mol. The Labute approximate surface area is 230 Å². The number of ether oxygens (including phenoxy) is 1. The smallest absolute Gasteiger partial charge is 0.417 e. The van der Waals surface area contributed by atoms with Gasteiger partial charge in [0.1, 0.15) is 4.83 Å². The zero-order valence-electron chi connectivity index (χ0n) is 22.2. The fraction of sp³-hybridized carbons (Fsp3) is 0.241. The van der Waals surface area contributed by atoms with Gasteiger partial charge in [-0.2, -0.15) is 4.68 Å². The molecular formula is C29H31N5O4S. The zero-order valence-corrected chi connectivity index (χ0v) is 23.0. The Morgan fingerprint density at radius 2 is 1.74 bits per heavy atom. The molecule has 2 aromatic carbocycles. The number of carbonyl (C=O) groups is 3. The van der Waals surface area contributed by atoms with Crippen molar-refractivity contribution < 1.29 is 19.1 Å². The second kappa shape index (κ2) is 11.2. The Morgan fingerprint density at radius 3 is 2.36 bits per heavy atom. The second-order valence-electron chi connectivity index (χ2n) is 9.93. The quantitative estimate of drug-likeness (QED) is 0.240. The molecule has 0 radical (unpaired) electrons. The first-order valence-electron chi connectivity index (χ1n) is 12.4. The van der Waals surface area contributed by atoms with Crippen LogP contribution in [0.3, 0.4) is 0 Å². The molecule has 9 nitrogen and oxygen atoms in total. The van der Waals surface area contributed by atoms with Crippen LogP contribution in [0.2, 0.25) is 0 Å². The molecule has 0 aliphatic carbocycles. The average Bonchev–Trinajstić information content (AvgIpc) is 3.49. The molecule has 0 saturated carbocycles. The summed E-state index contributed by atoms with van der Waals surface area (Å²) in [6.07, 6.45) is 0.169. The maximum absolute atomic E-state index is 13.2. The molecule has 4 aromatic rings. The topological polar surface area (TPSA) is 128 Å². The fourth-order valence-corrected chi connectivity index (χ4v) is 5.05. The Bertz CT molecular complexity index is 1520. The van der Waals surface area contributed by atoms with Gasteiger partial charge in [-0.3, -0.25) is 9.59 Å². The van der Waals surface area contributed by atoms with E-state index >= 15 is 0 Å². The molecule has 0 spiro atoms. The number of nitrogens with two attached hydrogens (primary N) is 1. The maximum Gasteiger partial charge on any atom is 0.440 e. The van der Waals surface area contributed by atoms with E-state index in [0.717, 1.165) is 33.4 Å². The van der Waals surface area contributed by atoms with E-state index in [2.05, 4.69) is 22.3 Å². The molecule has 2 heterocycles. The van der Waals surface area contributed by atoms with E-state index in [1.165, 1.54) is 0 Å². The van der Waals surface area contributed by atoms with Crippen LogP contribution in [0.1, 0.15) is 64.9 Å². The van der Waals surface area contributed by atoms with Gasteiger partial charge >= 0.3 is 6.09 Å². The Hall–Kier alpha value is -4.28. The lowest BCUT2D eigenvalue weighted by Crippen LogP contribution is -2.40. The van der Waals surface area contributed by atoms with Gasteiger partial charge in [-0.05, 0) is 49.1 Å². The van der Waals surface area contributed by atoms with Crippen molar-refractivity contribution in [2.45, 2.75) is 39.3 Å². The van der Waals surface area contributed by atoms with E-state index in [1.807, 2.05) is 70.2 Å². The van der Waals surface area contributed by atoms with Gasteiger partial charge in [0.25, 0.3) is 11.8 Å². The Morgan fingerprint density at radius 1 is 1.08 bits per heavy atom. The highest BCUT2D eigenvalue weighted by Crippen LogP contribution is 2.33. The summed E-state index contributed by atoms with van der Waals surface area (Å²) in [7, 11) is 0. The first-order chi connectivity index (χ1) is 18.5. The summed E-state index contributed by atoms with van der Waals surface area (Å²) in [6, 6.07) is 18.1. The van der Waals surface area contributed by atoms with Crippen molar-refractivity contribution >= 4 is 45.3 Å². The standard InChI is InChI=1S/C29H31N5O4S/c1-6-38-28(37)34-27-21(16-22(39-27)26(36)32-29(4,5)20-10-8-7-9-11-20)24(33-34)31-25(35)19-14-12-18(13-15-19)23(30)17(2)3/h6-17,23H,1,30H2,2-5H3,(H,32,36)(H,31,33,35).